The number of hydrogen-bond acceptors (Lipinski definition) is 6. The number of aliphatic hydroxyl groups is 1. The lowest BCUT2D eigenvalue weighted by Crippen LogP contribution is -2.38. The molecule has 0 spiro atoms. The summed E-state index contributed by atoms with van der Waals surface area (Å²) in [6.45, 7) is 6.51. The molecule has 1 atom stereocenters. The number of carbonyl (C=O) groups excluding carboxylic acids is 2. The van der Waals surface area contributed by atoms with Crippen molar-refractivity contribution in [3.05, 3.63) is 65.0 Å². The zero-order valence-corrected chi connectivity index (χ0v) is 18.0. The van der Waals surface area contributed by atoms with Crippen molar-refractivity contribution in [3.8, 4) is 11.5 Å². The Kier molecular flexibility index (Phi) is 6.14. The number of aliphatic hydroxyl groups excluding tert-OH is 1. The number of nitrogens with zero attached hydrogens (tertiary/aromatic N) is 2. The SMILES string of the molecule is CCN(CC)CCN1C(=O)C(=O)/C(=C(/O)c2ccc3c(c2)OCO3)C1c1cccc(F)c1. The molecule has 1 saturated heterocycles. The molecule has 32 heavy (non-hydrogen) atoms. The van der Waals surface area contributed by atoms with Gasteiger partial charge in [-0.2, -0.15) is 0 Å². The number of benzene rings is 2. The smallest absolute Gasteiger partial charge is 0.295 e. The monoisotopic (exact) mass is 440 g/mol. The number of likely N-dealkylation sites (N-methyl/N-ethyl adjacent to an activating group) is 1. The minimum atomic E-state index is -0.897. The highest BCUT2D eigenvalue weighted by Gasteiger charge is 2.46. The Labute approximate surface area is 185 Å². The fraction of sp³-hybridized carbons (Fsp3) is 0.333. The standard InChI is InChI=1S/C24H25FN2O5/c1-3-26(4-2)10-11-27-21(15-6-5-7-17(25)12-15)20(23(29)24(27)30)22(28)16-8-9-18-19(13-16)32-14-31-18/h5-9,12-13,21,28H,3-4,10-11,14H2,1-2H3/b22-20+. The highest BCUT2D eigenvalue weighted by molar-refractivity contribution is 6.46. The second-order valence-electron chi connectivity index (χ2n) is 7.64. The maximum atomic E-state index is 14.1. The molecule has 0 radical (unpaired) electrons. The molecule has 7 nitrogen and oxygen atoms in total. The van der Waals surface area contributed by atoms with Crippen molar-refractivity contribution in [1.82, 2.24) is 9.80 Å². The van der Waals surface area contributed by atoms with Crippen LogP contribution < -0.4 is 9.47 Å². The van der Waals surface area contributed by atoms with Gasteiger partial charge < -0.3 is 24.4 Å². The van der Waals surface area contributed by atoms with Gasteiger partial charge in [-0.15, -0.1) is 0 Å². The molecule has 1 amide bonds. The van der Waals surface area contributed by atoms with Crippen LogP contribution in [-0.4, -0.2) is 59.6 Å². The summed E-state index contributed by atoms with van der Waals surface area (Å²) in [6.07, 6.45) is 0. The molecular formula is C24H25FN2O5. The predicted octanol–water partition coefficient (Wildman–Crippen LogP) is 3.32. The number of halogens is 1. The predicted molar refractivity (Wildman–Crippen MR) is 116 cm³/mol. The fourth-order valence-electron chi connectivity index (χ4n) is 4.12. The Morgan fingerprint density at radius 1 is 1.12 bits per heavy atom. The molecule has 168 valence electrons. The van der Waals surface area contributed by atoms with Crippen molar-refractivity contribution in [2.45, 2.75) is 19.9 Å². The third-order valence-corrected chi connectivity index (χ3v) is 5.90. The summed E-state index contributed by atoms with van der Waals surface area (Å²) >= 11 is 0. The van der Waals surface area contributed by atoms with E-state index in [0.717, 1.165) is 13.1 Å². The molecular weight excluding hydrogens is 415 g/mol. The van der Waals surface area contributed by atoms with E-state index in [1.54, 1.807) is 24.3 Å². The summed E-state index contributed by atoms with van der Waals surface area (Å²) in [7, 11) is 0. The zero-order chi connectivity index (χ0) is 22.8. The lowest BCUT2D eigenvalue weighted by Gasteiger charge is -2.28. The Morgan fingerprint density at radius 3 is 2.59 bits per heavy atom. The topological polar surface area (TPSA) is 79.3 Å². The van der Waals surface area contributed by atoms with E-state index < -0.39 is 23.5 Å². The van der Waals surface area contributed by atoms with Crippen LogP contribution in [0.25, 0.3) is 5.76 Å². The quantitative estimate of drug-likeness (QED) is 0.404. The van der Waals surface area contributed by atoms with E-state index in [0.29, 0.717) is 29.2 Å². The highest BCUT2D eigenvalue weighted by Crippen LogP contribution is 2.41. The molecule has 2 aliphatic rings. The van der Waals surface area contributed by atoms with E-state index >= 15 is 0 Å². The molecule has 1 unspecified atom stereocenters. The molecule has 2 aliphatic heterocycles. The maximum Gasteiger partial charge on any atom is 0.295 e. The lowest BCUT2D eigenvalue weighted by molar-refractivity contribution is -0.140. The molecule has 4 rings (SSSR count). The van der Waals surface area contributed by atoms with Gasteiger partial charge in [-0.05, 0) is 49.0 Å². The summed E-state index contributed by atoms with van der Waals surface area (Å²) in [5, 5.41) is 11.1. The summed E-state index contributed by atoms with van der Waals surface area (Å²) < 4.78 is 24.7. The lowest BCUT2D eigenvalue weighted by atomic mass is 9.95. The van der Waals surface area contributed by atoms with Crippen LogP contribution in [0.1, 0.15) is 31.0 Å². The van der Waals surface area contributed by atoms with Gasteiger partial charge in [0.2, 0.25) is 6.79 Å². The molecule has 0 bridgehead atoms. The van der Waals surface area contributed by atoms with E-state index in [4.69, 9.17) is 9.47 Å². The number of amides is 1. The van der Waals surface area contributed by atoms with Crippen LogP contribution in [0, 0.1) is 5.82 Å². The summed E-state index contributed by atoms with van der Waals surface area (Å²) in [5.41, 5.74) is 0.669. The third kappa shape index (κ3) is 3.93. The summed E-state index contributed by atoms with van der Waals surface area (Å²) in [6, 6.07) is 9.64. The molecule has 2 aromatic carbocycles. The second kappa shape index (κ2) is 9.00. The van der Waals surface area contributed by atoms with E-state index in [1.807, 2.05) is 13.8 Å². The fourth-order valence-corrected chi connectivity index (χ4v) is 4.12. The molecule has 2 aromatic rings. The van der Waals surface area contributed by atoms with E-state index in [2.05, 4.69) is 4.90 Å². The Morgan fingerprint density at radius 2 is 1.88 bits per heavy atom. The van der Waals surface area contributed by atoms with Gasteiger partial charge in [0.15, 0.2) is 11.5 Å². The van der Waals surface area contributed by atoms with Crippen molar-refractivity contribution in [3.63, 3.8) is 0 Å². The van der Waals surface area contributed by atoms with Crippen LogP contribution in [-0.2, 0) is 9.59 Å². The summed E-state index contributed by atoms with van der Waals surface area (Å²) in [4.78, 5) is 29.6. The number of carbonyl (C=O) groups is 2. The first kappa shape index (κ1) is 21.8. The number of ketones is 1. The van der Waals surface area contributed by atoms with Crippen molar-refractivity contribution in [2.75, 3.05) is 33.0 Å². The number of fused-ring (bicyclic) bond motifs is 1. The van der Waals surface area contributed by atoms with Crippen LogP contribution in [0.3, 0.4) is 0 Å². The number of rotatable bonds is 7. The Hall–Kier alpha value is -3.39. The largest absolute Gasteiger partial charge is 0.507 e. The zero-order valence-electron chi connectivity index (χ0n) is 18.0. The Balaban J connectivity index is 1.79. The number of hydrogen-bond donors (Lipinski definition) is 1. The van der Waals surface area contributed by atoms with E-state index in [1.165, 1.54) is 23.1 Å². The van der Waals surface area contributed by atoms with E-state index in [-0.39, 0.29) is 24.7 Å². The molecule has 1 N–H and O–H groups in total. The average Bonchev–Trinajstić information content (AvgIpc) is 3.36. The molecule has 0 saturated carbocycles. The summed E-state index contributed by atoms with van der Waals surface area (Å²) in [5.74, 6) is -1.36. The van der Waals surface area contributed by atoms with Crippen LogP contribution in [0.2, 0.25) is 0 Å². The van der Waals surface area contributed by atoms with Gasteiger partial charge >= 0.3 is 0 Å². The number of ether oxygens (including phenoxy) is 2. The third-order valence-electron chi connectivity index (χ3n) is 5.90. The Bertz CT molecular complexity index is 1080. The van der Waals surface area contributed by atoms with Crippen LogP contribution in [0.5, 0.6) is 11.5 Å². The van der Waals surface area contributed by atoms with Crippen LogP contribution in [0.15, 0.2) is 48.0 Å². The number of Topliss-reactive ketones (excluding diaryl/α,β-unsaturated/α-hetero) is 1. The number of likely N-dealkylation sites (tertiary alicyclic amines) is 1. The molecule has 0 aliphatic carbocycles. The van der Waals surface area contributed by atoms with Gasteiger partial charge in [0.1, 0.15) is 11.6 Å². The molecule has 2 heterocycles. The van der Waals surface area contributed by atoms with Crippen LogP contribution >= 0.6 is 0 Å². The van der Waals surface area contributed by atoms with Gasteiger partial charge in [0.25, 0.3) is 11.7 Å². The van der Waals surface area contributed by atoms with Crippen molar-refractivity contribution < 1.29 is 28.6 Å². The van der Waals surface area contributed by atoms with Gasteiger partial charge in [-0.25, -0.2) is 4.39 Å². The molecule has 1 fully saturated rings. The van der Waals surface area contributed by atoms with Crippen LogP contribution in [0.4, 0.5) is 4.39 Å². The molecule has 8 heteroatoms. The normalized spacial score (nSPS) is 19.2. The van der Waals surface area contributed by atoms with Crippen molar-refractivity contribution in [1.29, 1.82) is 0 Å². The highest BCUT2D eigenvalue weighted by atomic mass is 19.1. The van der Waals surface area contributed by atoms with Gasteiger partial charge in [-0.3, -0.25) is 9.59 Å². The minimum Gasteiger partial charge on any atom is -0.507 e. The van der Waals surface area contributed by atoms with Crippen molar-refractivity contribution >= 4 is 17.4 Å². The van der Waals surface area contributed by atoms with Gasteiger partial charge in [-0.1, -0.05) is 26.0 Å². The second-order valence-corrected chi connectivity index (χ2v) is 7.64. The maximum absolute atomic E-state index is 14.1. The first-order chi connectivity index (χ1) is 15.4. The van der Waals surface area contributed by atoms with Crippen molar-refractivity contribution in [2.24, 2.45) is 0 Å². The minimum absolute atomic E-state index is 0.0680. The first-order valence-electron chi connectivity index (χ1n) is 10.6. The van der Waals surface area contributed by atoms with E-state index in [9.17, 15) is 19.1 Å². The van der Waals surface area contributed by atoms with Gasteiger partial charge in [0.05, 0.1) is 11.6 Å². The van der Waals surface area contributed by atoms with Gasteiger partial charge in [0, 0.05) is 18.7 Å². The first-order valence-corrected chi connectivity index (χ1v) is 10.6. The average molecular weight is 440 g/mol. The molecule has 0 aromatic heterocycles.